The van der Waals surface area contributed by atoms with E-state index >= 15 is 0 Å². The minimum atomic E-state index is -1.21. The number of hydrogen-bond acceptors (Lipinski definition) is 4. The van der Waals surface area contributed by atoms with Crippen LogP contribution in [0.25, 0.3) is 0 Å². The third-order valence-electron chi connectivity index (χ3n) is 2.59. The first-order valence-corrected chi connectivity index (χ1v) is 7.48. The third kappa shape index (κ3) is 5.84. The summed E-state index contributed by atoms with van der Waals surface area (Å²) in [7, 11) is 1.22. The molecule has 1 aromatic rings. The maximum Gasteiger partial charge on any atom is 0.326 e. The largest absolute Gasteiger partial charge is 0.480 e. The molecule has 0 saturated carbocycles. The Morgan fingerprint density at radius 2 is 1.81 bits per heavy atom. The van der Waals surface area contributed by atoms with Crippen LogP contribution in [0.5, 0.6) is 0 Å². The molecule has 0 spiro atoms. The summed E-state index contributed by atoms with van der Waals surface area (Å²) >= 11 is 6.50. The van der Waals surface area contributed by atoms with Crippen molar-refractivity contribution in [2.75, 3.05) is 7.11 Å². The van der Waals surface area contributed by atoms with Gasteiger partial charge in [-0.05, 0) is 24.6 Å². The maximum absolute atomic E-state index is 12.0. The number of aliphatic carboxylic acids is 1. The molecule has 1 rings (SSSR count). The summed E-state index contributed by atoms with van der Waals surface area (Å²) in [6.07, 6.45) is -0.126. The van der Waals surface area contributed by atoms with Crippen LogP contribution in [0.4, 0.5) is 0 Å². The number of ether oxygens (including phenoxy) is 1. The van der Waals surface area contributed by atoms with Gasteiger partial charge in [-0.2, -0.15) is 0 Å². The second-order valence-electron chi connectivity index (χ2n) is 4.14. The van der Waals surface area contributed by atoms with Gasteiger partial charge in [0.1, 0.15) is 6.04 Å². The molecule has 0 aliphatic heterocycles. The summed E-state index contributed by atoms with van der Waals surface area (Å²) in [4.78, 5) is 34.2. The van der Waals surface area contributed by atoms with Crippen molar-refractivity contribution in [1.29, 1.82) is 0 Å². The van der Waals surface area contributed by atoms with Crippen LogP contribution in [0.15, 0.2) is 27.1 Å². The molecule has 0 heterocycles. The summed E-state index contributed by atoms with van der Waals surface area (Å²) in [6, 6.07) is 3.73. The number of rotatable bonds is 6. The van der Waals surface area contributed by atoms with Crippen molar-refractivity contribution < 1.29 is 24.2 Å². The van der Waals surface area contributed by atoms with Crippen LogP contribution in [0.3, 0.4) is 0 Å². The number of hydrogen-bond donors (Lipinski definition) is 2. The molecular weight excluding hydrogens is 410 g/mol. The van der Waals surface area contributed by atoms with Gasteiger partial charge in [0.05, 0.1) is 7.11 Å². The number of nitrogens with one attached hydrogen (secondary N) is 1. The first-order valence-electron chi connectivity index (χ1n) is 5.90. The number of benzene rings is 1. The van der Waals surface area contributed by atoms with Crippen molar-refractivity contribution in [3.63, 3.8) is 0 Å². The first kappa shape index (κ1) is 17.6. The molecule has 6 nitrogen and oxygen atoms in total. The Bertz CT molecular complexity index is 541. The number of halogens is 2. The maximum atomic E-state index is 12.0. The Morgan fingerprint density at radius 3 is 2.29 bits per heavy atom. The first-order chi connectivity index (χ1) is 9.83. The number of carbonyl (C=O) groups is 3. The SMILES string of the molecule is COC(=O)CCC(NC(=O)c1cc(Br)cc(Br)c1)C(=O)O. The highest BCUT2D eigenvalue weighted by Crippen LogP contribution is 2.20. The van der Waals surface area contributed by atoms with Crippen LogP contribution in [0.2, 0.25) is 0 Å². The zero-order valence-corrected chi connectivity index (χ0v) is 14.2. The number of esters is 1. The molecule has 1 unspecified atom stereocenters. The van der Waals surface area contributed by atoms with Crippen LogP contribution in [0, 0.1) is 0 Å². The second-order valence-corrected chi connectivity index (χ2v) is 5.97. The predicted octanol–water partition coefficient (Wildman–Crippen LogP) is 2.35. The molecule has 2 N–H and O–H groups in total. The third-order valence-corrected chi connectivity index (χ3v) is 3.51. The van der Waals surface area contributed by atoms with Gasteiger partial charge >= 0.3 is 11.9 Å². The van der Waals surface area contributed by atoms with E-state index in [-0.39, 0.29) is 12.8 Å². The fourth-order valence-corrected chi connectivity index (χ4v) is 2.84. The van der Waals surface area contributed by atoms with E-state index in [1.54, 1.807) is 18.2 Å². The Kier molecular flexibility index (Phi) is 6.83. The van der Waals surface area contributed by atoms with Gasteiger partial charge in [0.15, 0.2) is 0 Å². The summed E-state index contributed by atoms with van der Waals surface area (Å²) in [5.41, 5.74) is 0.306. The minimum Gasteiger partial charge on any atom is -0.480 e. The van der Waals surface area contributed by atoms with E-state index in [9.17, 15) is 14.4 Å². The van der Waals surface area contributed by atoms with E-state index in [4.69, 9.17) is 5.11 Å². The van der Waals surface area contributed by atoms with Gasteiger partial charge in [-0.1, -0.05) is 31.9 Å². The highest BCUT2D eigenvalue weighted by Gasteiger charge is 2.22. The van der Waals surface area contributed by atoms with Gasteiger partial charge in [-0.3, -0.25) is 9.59 Å². The summed E-state index contributed by atoms with van der Waals surface area (Å²) < 4.78 is 5.81. The highest BCUT2D eigenvalue weighted by atomic mass is 79.9. The van der Waals surface area contributed by atoms with Gasteiger partial charge in [-0.15, -0.1) is 0 Å². The van der Waals surface area contributed by atoms with Crippen molar-refractivity contribution in [2.24, 2.45) is 0 Å². The monoisotopic (exact) mass is 421 g/mol. The van der Waals surface area contributed by atoms with E-state index in [0.717, 1.165) is 0 Å². The van der Waals surface area contributed by atoms with Crippen molar-refractivity contribution in [1.82, 2.24) is 5.32 Å². The minimum absolute atomic E-state index is 0.0388. The molecule has 0 aromatic heterocycles. The van der Waals surface area contributed by atoms with Crippen molar-refractivity contribution in [2.45, 2.75) is 18.9 Å². The normalized spacial score (nSPS) is 11.6. The quantitative estimate of drug-likeness (QED) is 0.686. The molecule has 1 amide bonds. The number of methoxy groups -OCH3 is 1. The van der Waals surface area contributed by atoms with Crippen LogP contribution in [-0.4, -0.2) is 36.1 Å². The number of carboxylic acid groups (broad SMARTS) is 1. The van der Waals surface area contributed by atoms with Gasteiger partial charge in [0.2, 0.25) is 0 Å². The molecule has 1 atom stereocenters. The lowest BCUT2D eigenvalue weighted by Crippen LogP contribution is -2.41. The average molecular weight is 423 g/mol. The standard InChI is InChI=1S/C13H13Br2NO5/c1-21-11(17)3-2-10(13(19)20)16-12(18)7-4-8(14)6-9(15)5-7/h4-6,10H,2-3H2,1H3,(H,16,18)(H,19,20). The Hall–Kier alpha value is -1.41. The average Bonchev–Trinajstić information content (AvgIpc) is 2.41. The van der Waals surface area contributed by atoms with Crippen molar-refractivity contribution >= 4 is 49.7 Å². The predicted molar refractivity (Wildman–Crippen MR) is 82.0 cm³/mol. The van der Waals surface area contributed by atoms with Crippen LogP contribution in [0.1, 0.15) is 23.2 Å². The van der Waals surface area contributed by atoms with E-state index in [0.29, 0.717) is 14.5 Å². The molecule has 0 aliphatic rings. The number of carboxylic acids is 1. The van der Waals surface area contributed by atoms with Gasteiger partial charge in [0.25, 0.3) is 5.91 Å². The Morgan fingerprint density at radius 1 is 1.24 bits per heavy atom. The Balaban J connectivity index is 2.76. The molecule has 0 fully saturated rings. The molecule has 1 aromatic carbocycles. The molecule has 0 aliphatic carbocycles. The topological polar surface area (TPSA) is 92.7 Å². The Labute approximate surface area is 138 Å². The molecule has 114 valence electrons. The van der Waals surface area contributed by atoms with E-state index in [1.807, 2.05) is 0 Å². The van der Waals surface area contributed by atoms with Gasteiger partial charge < -0.3 is 15.2 Å². The lowest BCUT2D eigenvalue weighted by molar-refractivity contribution is -0.142. The summed E-state index contributed by atoms with van der Waals surface area (Å²) in [5.74, 6) is -2.27. The smallest absolute Gasteiger partial charge is 0.326 e. The molecule has 0 saturated heterocycles. The fraction of sp³-hybridized carbons (Fsp3) is 0.308. The molecule has 21 heavy (non-hydrogen) atoms. The molecular formula is C13H13Br2NO5. The lowest BCUT2D eigenvalue weighted by atomic mass is 10.1. The number of amides is 1. The van der Waals surface area contributed by atoms with Crippen molar-refractivity contribution in [3.05, 3.63) is 32.7 Å². The van der Waals surface area contributed by atoms with Gasteiger partial charge in [0, 0.05) is 20.9 Å². The lowest BCUT2D eigenvalue weighted by Gasteiger charge is -2.14. The molecule has 8 heteroatoms. The van der Waals surface area contributed by atoms with E-state index in [1.165, 1.54) is 7.11 Å². The fourth-order valence-electron chi connectivity index (χ4n) is 1.55. The van der Waals surface area contributed by atoms with Crippen LogP contribution >= 0.6 is 31.9 Å². The van der Waals surface area contributed by atoms with Crippen molar-refractivity contribution in [3.8, 4) is 0 Å². The van der Waals surface area contributed by atoms with E-state index in [2.05, 4.69) is 41.9 Å². The summed E-state index contributed by atoms with van der Waals surface area (Å²) in [6.45, 7) is 0. The zero-order valence-electron chi connectivity index (χ0n) is 11.1. The van der Waals surface area contributed by atoms with Gasteiger partial charge in [-0.25, -0.2) is 4.79 Å². The second kappa shape index (κ2) is 8.14. The van der Waals surface area contributed by atoms with E-state index < -0.39 is 23.9 Å². The summed E-state index contributed by atoms with van der Waals surface area (Å²) in [5, 5.41) is 11.5. The molecule has 0 radical (unpaired) electrons. The number of carbonyl (C=O) groups excluding carboxylic acids is 2. The van der Waals surface area contributed by atoms with Crippen LogP contribution in [-0.2, 0) is 14.3 Å². The van der Waals surface area contributed by atoms with Crippen LogP contribution < -0.4 is 5.32 Å². The zero-order chi connectivity index (χ0) is 16.0. The molecule has 0 bridgehead atoms. The highest BCUT2D eigenvalue weighted by molar-refractivity contribution is 9.11.